The first-order valence-electron chi connectivity index (χ1n) is 8.38. The fourth-order valence-electron chi connectivity index (χ4n) is 3.46. The summed E-state index contributed by atoms with van der Waals surface area (Å²) in [6.45, 7) is 5.90. The highest BCUT2D eigenvalue weighted by Crippen LogP contribution is 2.29. The summed E-state index contributed by atoms with van der Waals surface area (Å²) in [6.07, 6.45) is 2.24. The van der Waals surface area contributed by atoms with Crippen LogP contribution in [0.2, 0.25) is 0 Å². The zero-order valence-corrected chi connectivity index (χ0v) is 14.0. The molecule has 2 aliphatic heterocycles. The van der Waals surface area contributed by atoms with Gasteiger partial charge >= 0.3 is 0 Å². The molecule has 0 spiro atoms. The summed E-state index contributed by atoms with van der Waals surface area (Å²) in [4.78, 5) is 9.71. The number of ether oxygens (including phenoxy) is 1. The van der Waals surface area contributed by atoms with Gasteiger partial charge in [0.05, 0.1) is 29.3 Å². The minimum absolute atomic E-state index is 0.151. The topological polar surface area (TPSA) is 85.2 Å². The lowest BCUT2D eigenvalue weighted by Crippen LogP contribution is -2.34. The van der Waals surface area contributed by atoms with Gasteiger partial charge in [-0.05, 0) is 49.9 Å². The molecule has 4 rings (SSSR count). The van der Waals surface area contributed by atoms with Gasteiger partial charge in [0.15, 0.2) is 0 Å². The van der Waals surface area contributed by atoms with Crippen LogP contribution in [0.3, 0.4) is 0 Å². The summed E-state index contributed by atoms with van der Waals surface area (Å²) >= 11 is 0. The van der Waals surface area contributed by atoms with E-state index in [1.165, 1.54) is 11.1 Å². The molecule has 1 aromatic heterocycles. The third-order valence-corrected chi connectivity index (χ3v) is 4.96. The molecule has 0 radical (unpaired) electrons. The van der Waals surface area contributed by atoms with Gasteiger partial charge in [0.2, 0.25) is 0 Å². The first kappa shape index (κ1) is 15.2. The lowest BCUT2D eigenvalue weighted by atomic mass is 10.1. The van der Waals surface area contributed by atoms with Gasteiger partial charge in [-0.15, -0.1) is 0 Å². The number of amidine groups is 1. The number of aliphatic hydroxyl groups is 1. The highest BCUT2D eigenvalue weighted by atomic mass is 16.5. The summed E-state index contributed by atoms with van der Waals surface area (Å²) in [6, 6.07) is 4.09. The number of benzene rings is 1. The van der Waals surface area contributed by atoms with Crippen LogP contribution in [0.4, 0.5) is 0 Å². The molecule has 1 atom stereocenters. The second-order valence-electron chi connectivity index (χ2n) is 6.72. The van der Waals surface area contributed by atoms with Crippen LogP contribution in [0.5, 0.6) is 0 Å². The Morgan fingerprint density at radius 2 is 2.17 bits per heavy atom. The number of aliphatic hydroxyl groups excluding tert-OH is 1. The van der Waals surface area contributed by atoms with E-state index in [2.05, 4.69) is 29.9 Å². The van der Waals surface area contributed by atoms with Crippen LogP contribution in [0.15, 0.2) is 17.9 Å². The normalized spacial score (nSPS) is 21.5. The Morgan fingerprint density at radius 3 is 2.92 bits per heavy atom. The summed E-state index contributed by atoms with van der Waals surface area (Å²) in [7, 11) is 0. The molecule has 3 heterocycles. The van der Waals surface area contributed by atoms with Gasteiger partial charge < -0.3 is 19.7 Å². The monoisotopic (exact) mass is 326 g/mol. The van der Waals surface area contributed by atoms with E-state index in [1.54, 1.807) is 0 Å². The fourth-order valence-corrected chi connectivity index (χ4v) is 3.46. The summed E-state index contributed by atoms with van der Waals surface area (Å²) in [5.74, 6) is 1.08. The standard InChI is InChI=1S/C18H22N4O2/c1-10-6-13-14(7-11(10)2)21-18(20-13)16-15(23)9-22(17(16)19)8-12-4-3-5-24-12/h6-7,12,19,23H,3-5,8-9H2,1-2H3,(H,20,21). The van der Waals surface area contributed by atoms with Crippen LogP contribution in [-0.4, -0.2) is 51.6 Å². The molecule has 126 valence electrons. The second kappa shape index (κ2) is 5.63. The zero-order valence-electron chi connectivity index (χ0n) is 14.0. The van der Waals surface area contributed by atoms with Crippen molar-refractivity contribution >= 4 is 22.4 Å². The third-order valence-electron chi connectivity index (χ3n) is 4.96. The van der Waals surface area contributed by atoms with Crippen molar-refractivity contribution in [2.45, 2.75) is 32.8 Å². The first-order valence-corrected chi connectivity index (χ1v) is 8.38. The van der Waals surface area contributed by atoms with Crippen LogP contribution >= 0.6 is 0 Å². The van der Waals surface area contributed by atoms with Crippen molar-refractivity contribution in [2.24, 2.45) is 0 Å². The Kier molecular flexibility index (Phi) is 3.57. The Bertz CT molecular complexity index is 807. The van der Waals surface area contributed by atoms with Crippen LogP contribution < -0.4 is 0 Å². The molecule has 3 N–H and O–H groups in total. The second-order valence-corrected chi connectivity index (χ2v) is 6.72. The van der Waals surface area contributed by atoms with E-state index >= 15 is 0 Å². The Hall–Kier alpha value is -2.34. The molecule has 0 amide bonds. The van der Waals surface area contributed by atoms with Gasteiger partial charge in [-0.3, -0.25) is 5.41 Å². The maximum absolute atomic E-state index is 10.4. The van der Waals surface area contributed by atoms with Crippen molar-refractivity contribution < 1.29 is 9.84 Å². The highest BCUT2D eigenvalue weighted by Gasteiger charge is 2.32. The Labute approximate surface area is 140 Å². The smallest absolute Gasteiger partial charge is 0.145 e. The highest BCUT2D eigenvalue weighted by molar-refractivity contribution is 6.23. The predicted molar refractivity (Wildman–Crippen MR) is 93.4 cm³/mol. The van der Waals surface area contributed by atoms with Crippen LogP contribution in [0.25, 0.3) is 16.6 Å². The quantitative estimate of drug-likeness (QED) is 0.809. The first-order chi connectivity index (χ1) is 11.5. The molecule has 0 bridgehead atoms. The Morgan fingerprint density at radius 1 is 1.38 bits per heavy atom. The molecule has 6 heteroatoms. The molecular weight excluding hydrogens is 304 g/mol. The molecule has 1 aromatic carbocycles. The van der Waals surface area contributed by atoms with Gasteiger partial charge in [0.25, 0.3) is 0 Å². The molecule has 24 heavy (non-hydrogen) atoms. The van der Waals surface area contributed by atoms with E-state index < -0.39 is 0 Å². The largest absolute Gasteiger partial charge is 0.510 e. The lowest BCUT2D eigenvalue weighted by Gasteiger charge is -2.21. The van der Waals surface area contributed by atoms with Crippen LogP contribution in [-0.2, 0) is 4.74 Å². The fraction of sp³-hybridized carbons (Fsp3) is 0.444. The number of rotatable bonds is 3. The third kappa shape index (κ3) is 2.47. The number of nitrogens with one attached hydrogen (secondary N) is 2. The molecular formula is C18H22N4O2. The molecule has 0 saturated carbocycles. The number of nitrogens with zero attached hydrogens (tertiary/aromatic N) is 2. The van der Waals surface area contributed by atoms with Gasteiger partial charge in [-0.1, -0.05) is 0 Å². The lowest BCUT2D eigenvalue weighted by molar-refractivity contribution is 0.0924. The SMILES string of the molecule is Cc1cc2nc(C3=C(O)CN(CC4CCCO4)C3=N)[nH]c2cc1C. The molecule has 2 aliphatic rings. The molecule has 6 nitrogen and oxygen atoms in total. The van der Waals surface area contributed by atoms with Crippen LogP contribution in [0, 0.1) is 19.3 Å². The van der Waals surface area contributed by atoms with Crippen molar-refractivity contribution in [3.63, 3.8) is 0 Å². The Balaban J connectivity index is 1.63. The van der Waals surface area contributed by atoms with E-state index in [-0.39, 0.29) is 11.9 Å². The number of fused-ring (bicyclic) bond motifs is 1. The van der Waals surface area contributed by atoms with E-state index in [9.17, 15) is 5.11 Å². The minimum Gasteiger partial charge on any atom is -0.510 e. The van der Waals surface area contributed by atoms with Crippen molar-refractivity contribution in [3.05, 3.63) is 34.8 Å². The van der Waals surface area contributed by atoms with Crippen molar-refractivity contribution in [3.8, 4) is 0 Å². The van der Waals surface area contributed by atoms with Gasteiger partial charge in [-0.25, -0.2) is 4.98 Å². The average molecular weight is 326 g/mol. The molecule has 1 unspecified atom stereocenters. The summed E-state index contributed by atoms with van der Waals surface area (Å²) in [5, 5.41) is 18.8. The zero-order chi connectivity index (χ0) is 16.8. The van der Waals surface area contributed by atoms with E-state index in [4.69, 9.17) is 10.1 Å². The van der Waals surface area contributed by atoms with E-state index in [1.807, 2.05) is 11.0 Å². The number of H-pyrrole nitrogens is 1. The number of imidazole rings is 1. The molecule has 1 saturated heterocycles. The van der Waals surface area contributed by atoms with Gasteiger partial charge in [0, 0.05) is 13.2 Å². The number of aryl methyl sites for hydroxylation is 2. The summed E-state index contributed by atoms with van der Waals surface area (Å²) < 4.78 is 5.65. The summed E-state index contributed by atoms with van der Waals surface area (Å²) in [5.41, 5.74) is 4.66. The van der Waals surface area contributed by atoms with Crippen molar-refractivity contribution in [1.29, 1.82) is 5.41 Å². The number of hydrogen-bond donors (Lipinski definition) is 3. The van der Waals surface area contributed by atoms with Gasteiger partial charge in [0.1, 0.15) is 17.4 Å². The molecule has 1 fully saturated rings. The van der Waals surface area contributed by atoms with Crippen LogP contribution in [0.1, 0.15) is 29.8 Å². The number of aromatic nitrogens is 2. The maximum atomic E-state index is 10.4. The number of hydrogen-bond acceptors (Lipinski definition) is 4. The minimum atomic E-state index is 0.151. The predicted octanol–water partition coefficient (Wildman–Crippen LogP) is 2.92. The molecule has 2 aromatic rings. The van der Waals surface area contributed by atoms with E-state index in [0.29, 0.717) is 30.3 Å². The van der Waals surface area contributed by atoms with Crippen molar-refractivity contribution in [2.75, 3.05) is 19.7 Å². The van der Waals surface area contributed by atoms with Gasteiger partial charge in [-0.2, -0.15) is 0 Å². The van der Waals surface area contributed by atoms with Crippen molar-refractivity contribution in [1.82, 2.24) is 14.9 Å². The maximum Gasteiger partial charge on any atom is 0.145 e. The number of aromatic amines is 1. The average Bonchev–Trinajstić information content (AvgIpc) is 3.22. The van der Waals surface area contributed by atoms with E-state index in [0.717, 1.165) is 30.5 Å². The molecule has 0 aliphatic carbocycles.